The van der Waals surface area contributed by atoms with E-state index in [1.165, 1.54) is 0 Å². The van der Waals surface area contributed by atoms with Gasteiger partial charge in [0.05, 0.1) is 91.4 Å². The third-order valence-corrected chi connectivity index (χ3v) is 8.90. The van der Waals surface area contributed by atoms with Crippen LogP contribution in [-0.2, 0) is 42.7 Å². The van der Waals surface area contributed by atoms with Gasteiger partial charge in [-0.25, -0.2) is 4.79 Å². The number of carbonyl (C=O) groups excluding carboxylic acids is 3. The molecule has 0 bridgehead atoms. The summed E-state index contributed by atoms with van der Waals surface area (Å²) in [5.74, 6) is 0.966. The minimum atomic E-state index is -0.0649. The molecule has 282 valence electrons. The third-order valence-electron chi connectivity index (χ3n) is 7.39. The summed E-state index contributed by atoms with van der Waals surface area (Å²) in [5, 5.41) is 15.5. The van der Waals surface area contributed by atoms with Crippen molar-refractivity contribution in [3.8, 4) is 0 Å². The number of amides is 4. The van der Waals surface area contributed by atoms with Crippen molar-refractivity contribution in [2.45, 2.75) is 62.3 Å². The Morgan fingerprint density at radius 2 is 1.20 bits per heavy atom. The number of hydrogen-bond donors (Lipinski definition) is 4. The molecule has 0 aromatic heterocycles. The number of azide groups is 1. The van der Waals surface area contributed by atoms with Crippen molar-refractivity contribution in [2.24, 2.45) is 5.11 Å². The molecule has 2 aliphatic heterocycles. The number of urea groups is 1. The zero-order chi connectivity index (χ0) is 35.0. The first-order valence-corrected chi connectivity index (χ1v) is 18.4. The highest BCUT2D eigenvalue weighted by molar-refractivity contribution is 8.00. The van der Waals surface area contributed by atoms with E-state index in [9.17, 15) is 14.4 Å². The van der Waals surface area contributed by atoms with Crippen molar-refractivity contribution in [1.29, 1.82) is 0 Å². The third kappa shape index (κ3) is 23.6. The maximum Gasteiger partial charge on any atom is 0.315 e. The minimum Gasteiger partial charge on any atom is -0.379 e. The van der Waals surface area contributed by atoms with Crippen LogP contribution in [0.1, 0.15) is 44.9 Å². The molecule has 2 saturated heterocycles. The molecular weight excluding hydrogens is 662 g/mol. The lowest BCUT2D eigenvalue weighted by Crippen LogP contribution is -2.36. The first kappa shape index (κ1) is 42.8. The Bertz CT molecular complexity index is 935. The highest BCUT2D eigenvalue weighted by atomic mass is 32.2. The first-order chi connectivity index (χ1) is 24.1. The van der Waals surface area contributed by atoms with Gasteiger partial charge in [0.2, 0.25) is 11.8 Å². The molecule has 0 aliphatic carbocycles. The van der Waals surface area contributed by atoms with E-state index >= 15 is 0 Å². The topological polar surface area (TPSA) is 213 Å². The van der Waals surface area contributed by atoms with Gasteiger partial charge in [-0.2, -0.15) is 11.8 Å². The lowest BCUT2D eigenvalue weighted by molar-refractivity contribution is -0.122. The van der Waals surface area contributed by atoms with Gasteiger partial charge in [0.25, 0.3) is 0 Å². The van der Waals surface area contributed by atoms with Crippen molar-refractivity contribution < 1.29 is 47.5 Å². The molecule has 0 spiro atoms. The van der Waals surface area contributed by atoms with Crippen molar-refractivity contribution in [3.05, 3.63) is 10.4 Å². The number of fused-ring (bicyclic) bond motifs is 1. The predicted octanol–water partition coefficient (Wildman–Crippen LogP) is 1.54. The van der Waals surface area contributed by atoms with Gasteiger partial charge in [0.1, 0.15) is 0 Å². The Morgan fingerprint density at radius 1 is 0.694 bits per heavy atom. The van der Waals surface area contributed by atoms with Crippen molar-refractivity contribution in [1.82, 2.24) is 21.3 Å². The Balaban J connectivity index is 1.20. The summed E-state index contributed by atoms with van der Waals surface area (Å²) in [4.78, 5) is 38.0. The van der Waals surface area contributed by atoms with E-state index in [2.05, 4.69) is 31.3 Å². The van der Waals surface area contributed by atoms with Gasteiger partial charge in [0, 0.05) is 61.6 Å². The fourth-order valence-corrected chi connectivity index (χ4v) is 6.42. The lowest BCUT2D eigenvalue weighted by Gasteiger charge is -2.16. The van der Waals surface area contributed by atoms with Crippen molar-refractivity contribution in [3.63, 3.8) is 0 Å². The fourth-order valence-electron chi connectivity index (χ4n) is 4.87. The summed E-state index contributed by atoms with van der Waals surface area (Å²) in [6.07, 6.45) is 5.12. The molecule has 2 heterocycles. The molecular formula is C31H57N7O10S. The molecule has 4 N–H and O–H groups in total. The maximum atomic E-state index is 12.0. The lowest BCUT2D eigenvalue weighted by atomic mass is 10.0. The number of nitrogens with zero attached hydrogens (tertiary/aromatic N) is 3. The average Bonchev–Trinajstić information content (AvgIpc) is 3.65. The zero-order valence-electron chi connectivity index (χ0n) is 28.7. The van der Waals surface area contributed by atoms with E-state index in [4.69, 9.17) is 38.7 Å². The molecule has 0 radical (unpaired) electrons. The Morgan fingerprint density at radius 3 is 1.78 bits per heavy atom. The van der Waals surface area contributed by atoms with E-state index in [0.717, 1.165) is 31.4 Å². The van der Waals surface area contributed by atoms with Crippen LogP contribution in [0.15, 0.2) is 5.11 Å². The monoisotopic (exact) mass is 719 g/mol. The number of nitrogens with one attached hydrogen (secondary N) is 4. The summed E-state index contributed by atoms with van der Waals surface area (Å²) in [6, 6.07) is 0.407. The van der Waals surface area contributed by atoms with Crippen molar-refractivity contribution >= 4 is 29.6 Å². The smallest absolute Gasteiger partial charge is 0.315 e. The number of rotatable bonds is 34. The fraction of sp³-hybridized carbons (Fsp3) is 0.903. The number of thioether (sulfide) groups is 1. The maximum absolute atomic E-state index is 12.0. The average molecular weight is 720 g/mol. The van der Waals surface area contributed by atoms with Gasteiger partial charge in [-0.05, 0) is 31.2 Å². The molecule has 3 unspecified atom stereocenters. The number of ether oxygens (including phenoxy) is 7. The molecule has 2 fully saturated rings. The molecule has 18 heteroatoms. The molecule has 3 atom stereocenters. The van der Waals surface area contributed by atoms with E-state index in [-0.39, 0.29) is 36.3 Å². The SMILES string of the molecule is [N-]=[N+]=NCCOCCOCCOCCOCCC(=O)NCCCOCCOCCOCCCNC(=O)CCCCC1SCC2NC(=O)NC21. The molecule has 2 aliphatic rings. The molecule has 0 aromatic carbocycles. The molecule has 0 aromatic rings. The first-order valence-electron chi connectivity index (χ1n) is 17.4. The molecule has 2 rings (SSSR count). The van der Waals surface area contributed by atoms with Crippen LogP contribution in [0.4, 0.5) is 4.79 Å². The number of carbonyl (C=O) groups is 3. The Labute approximate surface area is 293 Å². The van der Waals surface area contributed by atoms with Gasteiger partial charge >= 0.3 is 6.03 Å². The molecule has 17 nitrogen and oxygen atoms in total. The van der Waals surface area contributed by atoms with Gasteiger partial charge in [0.15, 0.2) is 0 Å². The molecule has 4 amide bonds. The summed E-state index contributed by atoms with van der Waals surface area (Å²) < 4.78 is 38.0. The van der Waals surface area contributed by atoms with Gasteiger partial charge in [-0.15, -0.1) is 0 Å². The summed E-state index contributed by atoms with van der Waals surface area (Å²) in [5.41, 5.74) is 8.14. The quantitative estimate of drug-likeness (QED) is 0.0246. The number of unbranched alkanes of at least 4 members (excludes halogenated alkanes) is 1. The van der Waals surface area contributed by atoms with Crippen LogP contribution >= 0.6 is 11.8 Å². The minimum absolute atomic E-state index is 0.0613. The molecule has 0 saturated carbocycles. The summed E-state index contributed by atoms with van der Waals surface area (Å²) >= 11 is 1.90. The number of hydrogen-bond acceptors (Lipinski definition) is 12. The van der Waals surface area contributed by atoms with Crippen molar-refractivity contribution in [2.75, 3.05) is 118 Å². The van der Waals surface area contributed by atoms with Crippen LogP contribution in [0.5, 0.6) is 0 Å². The van der Waals surface area contributed by atoms with Crippen LogP contribution < -0.4 is 21.3 Å². The standard InChI is InChI=1S/C31H57N7O10S/c32-38-35-10-14-45-18-22-48-24-23-47-21-17-44-13-7-29(40)34-9-4-12-43-16-20-46-19-15-42-11-3-8-33-28(39)6-2-1-5-27-30-26(25-49-27)36-31(41)37-30/h26-27,30H,1-25H2,(H,33,39)(H,34,40)(H2,36,37,41). The second kappa shape index (κ2) is 30.4. The second-order valence-corrected chi connectivity index (χ2v) is 12.5. The van der Waals surface area contributed by atoms with E-state index in [1.807, 2.05) is 11.8 Å². The highest BCUT2D eigenvalue weighted by Gasteiger charge is 2.42. The van der Waals surface area contributed by atoms with Crippen LogP contribution in [0.3, 0.4) is 0 Å². The Kier molecular flexibility index (Phi) is 26.5. The van der Waals surface area contributed by atoms with Gasteiger partial charge in [-0.3, -0.25) is 9.59 Å². The second-order valence-electron chi connectivity index (χ2n) is 11.3. The predicted molar refractivity (Wildman–Crippen MR) is 184 cm³/mol. The van der Waals surface area contributed by atoms with Crippen LogP contribution in [0.2, 0.25) is 0 Å². The normalized spacial score (nSPS) is 18.0. The van der Waals surface area contributed by atoms with Gasteiger partial charge < -0.3 is 54.4 Å². The van der Waals surface area contributed by atoms with E-state index in [1.54, 1.807) is 0 Å². The summed E-state index contributed by atoms with van der Waals surface area (Å²) in [7, 11) is 0. The summed E-state index contributed by atoms with van der Waals surface area (Å²) in [6.45, 7) is 7.77. The van der Waals surface area contributed by atoms with Crippen LogP contribution in [0, 0.1) is 0 Å². The zero-order valence-corrected chi connectivity index (χ0v) is 29.6. The Hall–Kier alpha value is -2.41. The van der Waals surface area contributed by atoms with Crippen LogP contribution in [-0.4, -0.2) is 153 Å². The molecule has 49 heavy (non-hydrogen) atoms. The van der Waals surface area contributed by atoms with Gasteiger partial charge in [-0.1, -0.05) is 11.5 Å². The van der Waals surface area contributed by atoms with E-state index in [0.29, 0.717) is 130 Å². The van der Waals surface area contributed by atoms with E-state index < -0.39 is 0 Å². The highest BCUT2D eigenvalue weighted by Crippen LogP contribution is 2.33. The largest absolute Gasteiger partial charge is 0.379 e. The van der Waals surface area contributed by atoms with Crippen LogP contribution in [0.25, 0.3) is 10.4 Å².